The molecule has 0 unspecified atom stereocenters. The van der Waals surface area contributed by atoms with Gasteiger partial charge in [-0.05, 0) is 31.0 Å². The molecule has 9 nitrogen and oxygen atoms in total. The number of phenolic OH excluding ortho intramolecular Hbond substituents is 1. The molecule has 1 aromatic carbocycles. The number of hydrogen-bond acceptors (Lipinski definition) is 8. The molecule has 166 valence electrons. The van der Waals surface area contributed by atoms with Crippen LogP contribution in [-0.4, -0.2) is 58.2 Å². The van der Waals surface area contributed by atoms with Crippen molar-refractivity contribution in [2.75, 3.05) is 32.2 Å². The van der Waals surface area contributed by atoms with Crippen LogP contribution in [0, 0.1) is 0 Å². The molecule has 0 atom stereocenters. The van der Waals surface area contributed by atoms with Crippen molar-refractivity contribution in [1.29, 1.82) is 0 Å². The quantitative estimate of drug-likeness (QED) is 0.604. The fourth-order valence-electron chi connectivity index (χ4n) is 3.57. The Kier molecular flexibility index (Phi) is 6.34. The highest BCUT2D eigenvalue weighted by molar-refractivity contribution is 5.94. The van der Waals surface area contributed by atoms with Gasteiger partial charge in [0.25, 0.3) is 5.91 Å². The highest BCUT2D eigenvalue weighted by atomic mass is 16.5. The Morgan fingerprint density at radius 2 is 1.75 bits per heavy atom. The van der Waals surface area contributed by atoms with Crippen LogP contribution in [0.25, 0.3) is 0 Å². The molecule has 1 aliphatic rings. The van der Waals surface area contributed by atoms with Crippen LogP contribution in [0.1, 0.15) is 28.8 Å². The molecule has 4 rings (SSSR count). The minimum atomic E-state index is -0.0203. The van der Waals surface area contributed by atoms with Crippen molar-refractivity contribution in [1.82, 2.24) is 19.9 Å². The van der Waals surface area contributed by atoms with Gasteiger partial charge < -0.3 is 19.5 Å². The first-order valence-electron chi connectivity index (χ1n) is 10.4. The Morgan fingerprint density at radius 1 is 1.06 bits per heavy atom. The Bertz CT molecular complexity index is 1060. The number of aromatic hydroxyl groups is 1. The van der Waals surface area contributed by atoms with Gasteiger partial charge in [0.15, 0.2) is 0 Å². The summed E-state index contributed by atoms with van der Waals surface area (Å²) >= 11 is 0. The van der Waals surface area contributed by atoms with Crippen LogP contribution in [0.15, 0.2) is 48.7 Å². The van der Waals surface area contributed by atoms with E-state index in [0.29, 0.717) is 28.7 Å². The number of anilines is 2. The van der Waals surface area contributed by atoms with Crippen LogP contribution in [0.2, 0.25) is 0 Å². The molecule has 0 radical (unpaired) electrons. The smallest absolute Gasteiger partial charge is 0.255 e. The lowest BCUT2D eigenvalue weighted by molar-refractivity contribution is 0.0792. The number of aromatic nitrogens is 3. The minimum absolute atomic E-state index is 0.0203. The number of pyridine rings is 1. The molecular formula is C23H25N5O4. The highest BCUT2D eigenvalue weighted by Crippen LogP contribution is 2.29. The summed E-state index contributed by atoms with van der Waals surface area (Å²) in [7, 11) is 3.02. The van der Waals surface area contributed by atoms with Gasteiger partial charge in [0, 0.05) is 24.8 Å². The number of rotatable bonds is 7. The number of para-hydroxylation sites is 1. The summed E-state index contributed by atoms with van der Waals surface area (Å²) in [5.41, 5.74) is 1.19. The maximum Gasteiger partial charge on any atom is 0.255 e. The minimum Gasteiger partial charge on any atom is -0.508 e. The first-order chi connectivity index (χ1) is 15.6. The number of carbonyl (C=O) groups excluding carboxylic acids is 1. The molecule has 0 bridgehead atoms. The van der Waals surface area contributed by atoms with Gasteiger partial charge in [0.05, 0.1) is 32.4 Å². The summed E-state index contributed by atoms with van der Waals surface area (Å²) < 4.78 is 10.6. The van der Waals surface area contributed by atoms with E-state index in [2.05, 4.69) is 15.0 Å². The van der Waals surface area contributed by atoms with E-state index in [0.717, 1.165) is 25.9 Å². The Balaban J connectivity index is 1.71. The van der Waals surface area contributed by atoms with E-state index in [1.807, 2.05) is 17.0 Å². The lowest BCUT2D eigenvalue weighted by atomic mass is 10.2. The van der Waals surface area contributed by atoms with Crippen LogP contribution in [0.4, 0.5) is 11.8 Å². The van der Waals surface area contributed by atoms with Gasteiger partial charge in [0.2, 0.25) is 17.7 Å². The molecule has 3 heterocycles. The summed E-state index contributed by atoms with van der Waals surface area (Å²) in [6.07, 6.45) is 3.62. The summed E-state index contributed by atoms with van der Waals surface area (Å²) in [6.45, 7) is 1.80. The number of ether oxygens (including phenoxy) is 2. The van der Waals surface area contributed by atoms with Gasteiger partial charge in [0.1, 0.15) is 11.6 Å². The largest absolute Gasteiger partial charge is 0.508 e. The van der Waals surface area contributed by atoms with Crippen molar-refractivity contribution in [3.05, 3.63) is 59.8 Å². The number of hydrogen-bond donors (Lipinski definition) is 1. The molecule has 0 saturated carbocycles. The maximum absolute atomic E-state index is 12.7. The number of carbonyl (C=O) groups is 1. The van der Waals surface area contributed by atoms with Gasteiger partial charge in [-0.3, -0.25) is 9.69 Å². The standard InChI is InChI=1S/C23H25N5O4/c1-31-20-13-21(32-2)26-23(25-20)28(15-17-7-3-4-8-18(17)29)19-10-9-16(14-24-19)22(30)27-11-5-6-12-27/h3-4,7-10,13-14,29H,5-6,11-12,15H2,1-2H3. The molecule has 0 aliphatic carbocycles. The number of phenols is 1. The van der Waals surface area contributed by atoms with E-state index in [1.54, 1.807) is 41.4 Å². The van der Waals surface area contributed by atoms with E-state index in [9.17, 15) is 9.90 Å². The zero-order valence-corrected chi connectivity index (χ0v) is 18.1. The molecule has 3 aromatic rings. The lowest BCUT2D eigenvalue weighted by Gasteiger charge is -2.23. The third-order valence-electron chi connectivity index (χ3n) is 5.31. The molecule has 1 N–H and O–H groups in total. The molecule has 2 aromatic heterocycles. The molecular weight excluding hydrogens is 410 g/mol. The summed E-state index contributed by atoms with van der Waals surface area (Å²) in [5.74, 6) is 1.59. The van der Waals surface area contributed by atoms with E-state index in [4.69, 9.17) is 9.47 Å². The molecule has 9 heteroatoms. The average Bonchev–Trinajstić information content (AvgIpc) is 3.38. The second-order valence-corrected chi connectivity index (χ2v) is 7.37. The second-order valence-electron chi connectivity index (χ2n) is 7.37. The zero-order chi connectivity index (χ0) is 22.5. The Hall–Kier alpha value is -3.88. The molecule has 1 fully saturated rings. The molecule has 32 heavy (non-hydrogen) atoms. The predicted molar refractivity (Wildman–Crippen MR) is 118 cm³/mol. The van der Waals surface area contributed by atoms with Crippen LogP contribution in [0.5, 0.6) is 17.5 Å². The van der Waals surface area contributed by atoms with Gasteiger partial charge in [-0.1, -0.05) is 18.2 Å². The molecule has 1 saturated heterocycles. The van der Waals surface area contributed by atoms with Crippen molar-refractivity contribution in [3.63, 3.8) is 0 Å². The number of nitrogens with zero attached hydrogens (tertiary/aromatic N) is 5. The van der Waals surface area contributed by atoms with Crippen LogP contribution in [0.3, 0.4) is 0 Å². The maximum atomic E-state index is 12.7. The van der Waals surface area contributed by atoms with Crippen molar-refractivity contribution < 1.29 is 19.4 Å². The molecule has 1 amide bonds. The number of amides is 1. The van der Waals surface area contributed by atoms with E-state index >= 15 is 0 Å². The lowest BCUT2D eigenvalue weighted by Crippen LogP contribution is -2.28. The highest BCUT2D eigenvalue weighted by Gasteiger charge is 2.22. The fraction of sp³-hybridized carbons (Fsp3) is 0.304. The van der Waals surface area contributed by atoms with Crippen molar-refractivity contribution in [2.45, 2.75) is 19.4 Å². The van der Waals surface area contributed by atoms with E-state index < -0.39 is 0 Å². The summed E-state index contributed by atoms with van der Waals surface area (Å²) in [5, 5.41) is 10.3. The van der Waals surface area contributed by atoms with Crippen LogP contribution < -0.4 is 14.4 Å². The van der Waals surface area contributed by atoms with E-state index in [1.165, 1.54) is 14.2 Å². The Morgan fingerprint density at radius 3 is 2.34 bits per heavy atom. The Labute approximate surface area is 186 Å². The van der Waals surface area contributed by atoms with Crippen LogP contribution >= 0.6 is 0 Å². The van der Waals surface area contributed by atoms with Crippen LogP contribution in [-0.2, 0) is 6.54 Å². The third kappa shape index (κ3) is 4.56. The summed E-state index contributed by atoms with van der Waals surface area (Å²) in [6, 6.07) is 12.1. The van der Waals surface area contributed by atoms with Crippen molar-refractivity contribution in [2.24, 2.45) is 0 Å². The SMILES string of the molecule is COc1cc(OC)nc(N(Cc2ccccc2O)c2ccc(C(=O)N3CCCC3)cn2)n1. The van der Waals surface area contributed by atoms with Gasteiger partial charge in [-0.15, -0.1) is 0 Å². The number of likely N-dealkylation sites (tertiary alicyclic amines) is 1. The van der Waals surface area contributed by atoms with Crippen molar-refractivity contribution in [3.8, 4) is 17.5 Å². The fourth-order valence-corrected chi connectivity index (χ4v) is 3.57. The number of methoxy groups -OCH3 is 2. The van der Waals surface area contributed by atoms with Crippen molar-refractivity contribution >= 4 is 17.7 Å². The summed E-state index contributed by atoms with van der Waals surface area (Å²) in [4.78, 5) is 29.6. The second kappa shape index (κ2) is 9.51. The first-order valence-corrected chi connectivity index (χ1v) is 10.4. The predicted octanol–water partition coefficient (Wildman–Crippen LogP) is 3.17. The van der Waals surface area contributed by atoms with Gasteiger partial charge in [-0.2, -0.15) is 9.97 Å². The van der Waals surface area contributed by atoms with E-state index in [-0.39, 0.29) is 24.1 Å². The monoisotopic (exact) mass is 435 g/mol. The average molecular weight is 435 g/mol. The zero-order valence-electron chi connectivity index (χ0n) is 18.1. The first kappa shape index (κ1) is 21.4. The topological polar surface area (TPSA) is 101 Å². The molecule has 0 spiro atoms. The van der Waals surface area contributed by atoms with Gasteiger partial charge >= 0.3 is 0 Å². The molecule has 1 aliphatic heterocycles. The number of benzene rings is 1. The van der Waals surface area contributed by atoms with Gasteiger partial charge in [-0.25, -0.2) is 4.98 Å². The normalized spacial score (nSPS) is 13.1. The third-order valence-corrected chi connectivity index (χ3v) is 5.31.